The summed E-state index contributed by atoms with van der Waals surface area (Å²) >= 11 is 0. The van der Waals surface area contributed by atoms with E-state index >= 15 is 0 Å². The predicted molar refractivity (Wildman–Crippen MR) is 99.3 cm³/mol. The maximum atomic E-state index is 5.40. The Morgan fingerprint density at radius 1 is 1.00 bits per heavy atom. The number of hydrogen-bond acceptors (Lipinski definition) is 6. The Bertz CT molecular complexity index is 1010. The van der Waals surface area contributed by atoms with Crippen LogP contribution in [0.2, 0.25) is 0 Å². The maximum Gasteiger partial charge on any atom is 0.243 e. The number of hydrogen-bond donors (Lipinski definition) is 1. The lowest BCUT2D eigenvalue weighted by molar-refractivity contribution is 0.424. The summed E-state index contributed by atoms with van der Waals surface area (Å²) in [7, 11) is 0. The molecule has 0 atom stereocenters. The Labute approximate surface area is 150 Å². The Morgan fingerprint density at radius 2 is 1.81 bits per heavy atom. The molecule has 1 N–H and O–H groups in total. The lowest BCUT2D eigenvalue weighted by Crippen LogP contribution is -2.05. The summed E-state index contributed by atoms with van der Waals surface area (Å²) in [4.78, 5) is 4.54. The van der Waals surface area contributed by atoms with Gasteiger partial charge in [0.2, 0.25) is 5.95 Å². The van der Waals surface area contributed by atoms with Crippen molar-refractivity contribution in [2.75, 3.05) is 5.32 Å². The molecule has 4 rings (SSSR count). The summed E-state index contributed by atoms with van der Waals surface area (Å²) in [6.07, 6.45) is 1.66. The molecule has 6 heteroatoms. The van der Waals surface area contributed by atoms with E-state index in [1.807, 2.05) is 67.6 Å². The average Bonchev–Trinajstić information content (AvgIpc) is 3.17. The Morgan fingerprint density at radius 3 is 2.65 bits per heavy atom. The summed E-state index contributed by atoms with van der Waals surface area (Å²) in [5, 5.41) is 15.3. The number of anilines is 1. The normalized spacial score (nSPS) is 10.7. The molecule has 26 heavy (non-hydrogen) atoms. The van der Waals surface area contributed by atoms with Crippen LogP contribution in [-0.4, -0.2) is 20.3 Å². The van der Waals surface area contributed by atoms with E-state index < -0.39 is 0 Å². The van der Waals surface area contributed by atoms with Crippen LogP contribution in [0, 0.1) is 6.92 Å². The zero-order valence-corrected chi connectivity index (χ0v) is 14.3. The van der Waals surface area contributed by atoms with Crippen LogP contribution < -0.4 is 5.32 Å². The van der Waals surface area contributed by atoms with E-state index in [1.165, 1.54) is 0 Å². The second-order valence-electron chi connectivity index (χ2n) is 5.88. The minimum Gasteiger partial charge on any atom is -0.356 e. The van der Waals surface area contributed by atoms with E-state index in [0.29, 0.717) is 12.5 Å². The van der Waals surface area contributed by atoms with Crippen molar-refractivity contribution in [3.8, 4) is 22.6 Å². The van der Waals surface area contributed by atoms with Gasteiger partial charge in [0.05, 0.1) is 18.4 Å². The molecule has 2 heterocycles. The fraction of sp³-hybridized carbons (Fsp3) is 0.100. The van der Waals surface area contributed by atoms with Crippen molar-refractivity contribution in [3.63, 3.8) is 0 Å². The van der Waals surface area contributed by atoms with Gasteiger partial charge in [0, 0.05) is 17.2 Å². The largest absolute Gasteiger partial charge is 0.356 e. The van der Waals surface area contributed by atoms with Gasteiger partial charge >= 0.3 is 0 Å². The van der Waals surface area contributed by atoms with Crippen LogP contribution in [0.15, 0.2) is 71.4 Å². The van der Waals surface area contributed by atoms with Crippen molar-refractivity contribution >= 4 is 5.95 Å². The van der Waals surface area contributed by atoms with Gasteiger partial charge in [0.1, 0.15) is 5.69 Å². The van der Waals surface area contributed by atoms with Gasteiger partial charge in [-0.25, -0.2) is 4.98 Å². The molecule has 4 aromatic rings. The fourth-order valence-electron chi connectivity index (χ4n) is 2.67. The molecule has 2 aromatic heterocycles. The topological polar surface area (TPSA) is 76.7 Å². The summed E-state index contributed by atoms with van der Waals surface area (Å²) < 4.78 is 5.40. The maximum absolute atomic E-state index is 5.40. The van der Waals surface area contributed by atoms with Gasteiger partial charge in [0.15, 0.2) is 5.76 Å². The van der Waals surface area contributed by atoms with Crippen LogP contribution in [0.4, 0.5) is 5.95 Å². The van der Waals surface area contributed by atoms with Crippen LogP contribution in [0.5, 0.6) is 0 Å². The number of nitrogens with zero attached hydrogens (tertiary/aromatic N) is 4. The van der Waals surface area contributed by atoms with E-state index in [0.717, 1.165) is 33.8 Å². The van der Waals surface area contributed by atoms with Gasteiger partial charge in [-0.15, -0.1) is 5.10 Å². The Hall–Kier alpha value is -3.54. The molecular weight excluding hydrogens is 326 g/mol. The molecule has 0 aliphatic heterocycles. The van der Waals surface area contributed by atoms with Crippen molar-refractivity contribution in [2.24, 2.45) is 0 Å². The fourth-order valence-corrected chi connectivity index (χ4v) is 2.67. The number of benzene rings is 2. The van der Waals surface area contributed by atoms with Crippen LogP contribution in [0.3, 0.4) is 0 Å². The number of aromatic nitrogens is 4. The zero-order valence-electron chi connectivity index (χ0n) is 14.3. The molecule has 0 amide bonds. The molecule has 2 aromatic carbocycles. The highest BCUT2D eigenvalue weighted by molar-refractivity contribution is 5.63. The number of nitrogens with one attached hydrogen (secondary N) is 1. The smallest absolute Gasteiger partial charge is 0.243 e. The molecule has 0 spiro atoms. The average molecular weight is 343 g/mol. The predicted octanol–water partition coefficient (Wildman–Crippen LogP) is 4.11. The molecule has 128 valence electrons. The Kier molecular flexibility index (Phi) is 4.38. The van der Waals surface area contributed by atoms with Crippen LogP contribution in [0.25, 0.3) is 22.6 Å². The van der Waals surface area contributed by atoms with E-state index in [4.69, 9.17) is 4.52 Å². The standard InChI is InChI=1S/C20H17N5O/c1-14-7-5-6-10-17(14)18-13-22-24-20(23-18)21-12-16-11-19(26-25-16)15-8-3-2-4-9-15/h2-11,13H,12H2,1H3,(H,21,23,24). The molecule has 0 bridgehead atoms. The minimum atomic E-state index is 0.454. The van der Waals surface area contributed by atoms with Crippen molar-refractivity contribution < 1.29 is 4.52 Å². The van der Waals surface area contributed by atoms with Gasteiger partial charge in [-0.3, -0.25) is 0 Å². The first-order chi connectivity index (χ1) is 12.8. The number of aryl methyl sites for hydroxylation is 1. The third-order valence-electron chi connectivity index (χ3n) is 4.02. The van der Waals surface area contributed by atoms with E-state index in [-0.39, 0.29) is 0 Å². The minimum absolute atomic E-state index is 0.454. The lowest BCUT2D eigenvalue weighted by Gasteiger charge is -2.06. The van der Waals surface area contributed by atoms with Gasteiger partial charge in [-0.05, 0) is 12.5 Å². The van der Waals surface area contributed by atoms with Crippen molar-refractivity contribution in [3.05, 3.63) is 78.1 Å². The molecule has 0 radical (unpaired) electrons. The molecule has 0 saturated carbocycles. The van der Waals surface area contributed by atoms with E-state index in [9.17, 15) is 0 Å². The highest BCUT2D eigenvalue weighted by Gasteiger charge is 2.08. The first-order valence-electron chi connectivity index (χ1n) is 8.30. The third-order valence-corrected chi connectivity index (χ3v) is 4.02. The van der Waals surface area contributed by atoms with Gasteiger partial charge < -0.3 is 9.84 Å². The monoisotopic (exact) mass is 343 g/mol. The highest BCUT2D eigenvalue weighted by atomic mass is 16.5. The highest BCUT2D eigenvalue weighted by Crippen LogP contribution is 2.22. The third kappa shape index (κ3) is 3.44. The van der Waals surface area contributed by atoms with Gasteiger partial charge in [0.25, 0.3) is 0 Å². The molecule has 0 unspecified atom stereocenters. The molecule has 6 nitrogen and oxygen atoms in total. The summed E-state index contributed by atoms with van der Waals surface area (Å²) in [6.45, 7) is 2.50. The lowest BCUT2D eigenvalue weighted by atomic mass is 10.1. The molecule has 0 saturated heterocycles. The van der Waals surface area contributed by atoms with Crippen LogP contribution in [0.1, 0.15) is 11.3 Å². The quantitative estimate of drug-likeness (QED) is 0.587. The molecular formula is C20H17N5O. The van der Waals surface area contributed by atoms with E-state index in [1.54, 1.807) is 6.20 Å². The van der Waals surface area contributed by atoms with Crippen molar-refractivity contribution in [1.29, 1.82) is 0 Å². The second-order valence-corrected chi connectivity index (χ2v) is 5.88. The molecule has 0 aliphatic carbocycles. The van der Waals surface area contributed by atoms with Gasteiger partial charge in [-0.1, -0.05) is 59.8 Å². The molecule has 0 fully saturated rings. The number of rotatable bonds is 5. The second kappa shape index (κ2) is 7.14. The summed E-state index contributed by atoms with van der Waals surface area (Å²) in [6, 6.07) is 19.8. The first kappa shape index (κ1) is 16.0. The van der Waals surface area contributed by atoms with E-state index in [2.05, 4.69) is 25.7 Å². The zero-order chi connectivity index (χ0) is 17.8. The van der Waals surface area contributed by atoms with Crippen LogP contribution >= 0.6 is 0 Å². The first-order valence-corrected chi connectivity index (χ1v) is 8.30. The summed E-state index contributed by atoms with van der Waals surface area (Å²) in [5.74, 6) is 1.19. The molecule has 0 aliphatic rings. The van der Waals surface area contributed by atoms with Crippen LogP contribution in [-0.2, 0) is 6.54 Å². The van der Waals surface area contributed by atoms with Crippen molar-refractivity contribution in [1.82, 2.24) is 20.3 Å². The van der Waals surface area contributed by atoms with Gasteiger partial charge in [-0.2, -0.15) is 5.10 Å². The Balaban J connectivity index is 1.48. The summed E-state index contributed by atoms with van der Waals surface area (Å²) in [5.41, 5.74) is 4.73. The SMILES string of the molecule is Cc1ccccc1-c1cnnc(NCc2cc(-c3ccccc3)on2)n1. The van der Waals surface area contributed by atoms with Crippen molar-refractivity contribution in [2.45, 2.75) is 13.5 Å².